The van der Waals surface area contributed by atoms with Gasteiger partial charge < -0.3 is 4.57 Å². The van der Waals surface area contributed by atoms with E-state index in [9.17, 15) is 4.79 Å². The van der Waals surface area contributed by atoms with E-state index in [0.717, 1.165) is 16.5 Å². The van der Waals surface area contributed by atoms with Gasteiger partial charge in [-0.05, 0) is 30.3 Å². The molecule has 0 atom stereocenters. The van der Waals surface area contributed by atoms with Crippen molar-refractivity contribution >= 4 is 80.1 Å². The lowest BCUT2D eigenvalue weighted by atomic mass is 10.1. The summed E-state index contributed by atoms with van der Waals surface area (Å²) in [6.07, 6.45) is 3.89. The van der Waals surface area contributed by atoms with Gasteiger partial charge in [-0.2, -0.15) is 0 Å². The van der Waals surface area contributed by atoms with E-state index >= 15 is 0 Å². The number of thiocarbonyl (C=S) groups is 1. The summed E-state index contributed by atoms with van der Waals surface area (Å²) in [6, 6.07) is 13.1. The average Bonchev–Trinajstić information content (AvgIpc) is 3.06. The summed E-state index contributed by atoms with van der Waals surface area (Å²) in [6.45, 7) is 0. The second-order valence-corrected chi connectivity index (χ2v) is 8.34. The van der Waals surface area contributed by atoms with Gasteiger partial charge in [-0.15, -0.1) is 0 Å². The summed E-state index contributed by atoms with van der Waals surface area (Å²) in [4.78, 5) is 15.0. The van der Waals surface area contributed by atoms with Gasteiger partial charge >= 0.3 is 0 Å². The standard InChI is InChI=1S/C19H12Cl2N2OS2/c1-22-10-11(13-4-2-3-5-15(13)22)8-17-18(24)23(19(25)26-17)16-7-6-12(20)9-14(16)21/h2-10H,1H3/b17-8-. The second-order valence-electron chi connectivity index (χ2n) is 5.83. The predicted molar refractivity (Wildman–Crippen MR) is 115 cm³/mol. The Morgan fingerprint density at radius 1 is 1.15 bits per heavy atom. The van der Waals surface area contributed by atoms with Gasteiger partial charge in [0.1, 0.15) is 0 Å². The number of aryl methyl sites for hydroxylation is 1. The molecule has 1 aromatic heterocycles. The minimum atomic E-state index is -0.183. The molecule has 0 N–H and O–H groups in total. The summed E-state index contributed by atoms with van der Waals surface area (Å²) in [5.74, 6) is -0.183. The van der Waals surface area contributed by atoms with Crippen LogP contribution in [0.4, 0.5) is 5.69 Å². The molecule has 0 bridgehead atoms. The molecular formula is C19H12Cl2N2OS2. The lowest BCUT2D eigenvalue weighted by Crippen LogP contribution is -2.27. The van der Waals surface area contributed by atoms with E-state index in [-0.39, 0.29) is 5.91 Å². The molecule has 0 spiro atoms. The maximum absolute atomic E-state index is 13.0. The van der Waals surface area contributed by atoms with Gasteiger partial charge in [0.2, 0.25) is 0 Å². The molecule has 7 heteroatoms. The Hall–Kier alpha value is -1.79. The Labute approximate surface area is 170 Å². The highest BCUT2D eigenvalue weighted by Crippen LogP contribution is 2.40. The van der Waals surface area contributed by atoms with Crippen LogP contribution in [0.1, 0.15) is 5.56 Å². The SMILES string of the molecule is Cn1cc(/C=C2\SC(=S)N(c3ccc(Cl)cc3Cl)C2=O)c2ccccc21. The smallest absolute Gasteiger partial charge is 0.270 e. The van der Waals surface area contributed by atoms with E-state index in [1.807, 2.05) is 48.2 Å². The number of nitrogens with zero attached hydrogens (tertiary/aromatic N) is 2. The van der Waals surface area contributed by atoms with Crippen molar-refractivity contribution in [1.82, 2.24) is 4.57 Å². The highest BCUT2D eigenvalue weighted by atomic mass is 35.5. The third-order valence-corrected chi connectivity index (χ3v) is 6.00. The topological polar surface area (TPSA) is 25.2 Å². The van der Waals surface area contributed by atoms with Crippen LogP contribution in [-0.2, 0) is 11.8 Å². The first-order valence-electron chi connectivity index (χ1n) is 7.73. The van der Waals surface area contributed by atoms with Gasteiger partial charge in [-0.25, -0.2) is 0 Å². The number of aromatic nitrogens is 1. The van der Waals surface area contributed by atoms with Crippen molar-refractivity contribution < 1.29 is 4.79 Å². The van der Waals surface area contributed by atoms with Crippen LogP contribution in [0.15, 0.2) is 53.6 Å². The molecule has 1 amide bonds. The van der Waals surface area contributed by atoms with Crippen molar-refractivity contribution in [2.45, 2.75) is 0 Å². The van der Waals surface area contributed by atoms with Crippen molar-refractivity contribution in [3.05, 3.63) is 69.2 Å². The van der Waals surface area contributed by atoms with E-state index in [1.165, 1.54) is 16.7 Å². The molecule has 4 rings (SSSR count). The van der Waals surface area contributed by atoms with Crippen LogP contribution < -0.4 is 4.90 Å². The van der Waals surface area contributed by atoms with Gasteiger partial charge in [0.05, 0.1) is 15.6 Å². The minimum Gasteiger partial charge on any atom is -0.350 e. The number of benzene rings is 2. The Kier molecular flexibility index (Phi) is 4.57. The van der Waals surface area contributed by atoms with Crippen LogP contribution in [-0.4, -0.2) is 14.8 Å². The van der Waals surface area contributed by atoms with Crippen molar-refractivity contribution in [2.24, 2.45) is 7.05 Å². The molecule has 0 aliphatic carbocycles. The Bertz CT molecular complexity index is 1100. The van der Waals surface area contributed by atoms with Crippen LogP contribution in [0, 0.1) is 0 Å². The first-order chi connectivity index (χ1) is 12.5. The van der Waals surface area contributed by atoms with Gasteiger partial charge in [0, 0.05) is 34.7 Å². The van der Waals surface area contributed by atoms with E-state index in [0.29, 0.717) is 25.0 Å². The Morgan fingerprint density at radius 2 is 1.92 bits per heavy atom. The largest absolute Gasteiger partial charge is 0.350 e. The van der Waals surface area contributed by atoms with E-state index in [2.05, 4.69) is 0 Å². The zero-order chi connectivity index (χ0) is 18.4. The molecule has 0 unspecified atom stereocenters. The van der Waals surface area contributed by atoms with Crippen molar-refractivity contribution in [3.8, 4) is 0 Å². The molecule has 3 aromatic rings. The molecule has 0 saturated carbocycles. The number of carbonyl (C=O) groups is 1. The number of halogens is 2. The summed E-state index contributed by atoms with van der Waals surface area (Å²) in [5.41, 5.74) is 2.63. The normalized spacial score (nSPS) is 16.3. The monoisotopic (exact) mass is 418 g/mol. The van der Waals surface area contributed by atoms with E-state index in [4.69, 9.17) is 35.4 Å². The van der Waals surface area contributed by atoms with Crippen molar-refractivity contribution in [3.63, 3.8) is 0 Å². The van der Waals surface area contributed by atoms with Crippen LogP contribution >= 0.6 is 47.2 Å². The molecular weight excluding hydrogens is 407 g/mol. The summed E-state index contributed by atoms with van der Waals surface area (Å²) in [7, 11) is 1.98. The number of carbonyl (C=O) groups excluding carboxylic acids is 1. The molecule has 2 heterocycles. The van der Waals surface area contributed by atoms with Crippen LogP contribution in [0.2, 0.25) is 10.0 Å². The zero-order valence-electron chi connectivity index (χ0n) is 13.6. The maximum Gasteiger partial charge on any atom is 0.270 e. The zero-order valence-corrected chi connectivity index (χ0v) is 16.7. The van der Waals surface area contributed by atoms with Crippen molar-refractivity contribution in [1.29, 1.82) is 0 Å². The van der Waals surface area contributed by atoms with Gasteiger partial charge in [-0.1, -0.05) is 65.4 Å². The minimum absolute atomic E-state index is 0.183. The highest BCUT2D eigenvalue weighted by Gasteiger charge is 2.34. The third kappa shape index (κ3) is 2.95. The fourth-order valence-corrected chi connectivity index (χ4v) is 4.74. The fourth-order valence-electron chi connectivity index (χ4n) is 2.97. The second kappa shape index (κ2) is 6.74. The first-order valence-corrected chi connectivity index (χ1v) is 9.71. The van der Waals surface area contributed by atoms with Crippen molar-refractivity contribution in [2.75, 3.05) is 4.90 Å². The van der Waals surface area contributed by atoms with E-state index < -0.39 is 0 Å². The number of rotatable bonds is 2. The number of anilines is 1. The number of fused-ring (bicyclic) bond motifs is 1. The molecule has 1 fully saturated rings. The molecule has 1 saturated heterocycles. The van der Waals surface area contributed by atoms with Crippen LogP contribution in [0.25, 0.3) is 17.0 Å². The molecule has 0 radical (unpaired) electrons. The summed E-state index contributed by atoms with van der Waals surface area (Å²) in [5, 5.41) is 1.99. The fraction of sp³-hybridized carbons (Fsp3) is 0.0526. The predicted octanol–water partition coefficient (Wildman–Crippen LogP) is 5.89. The Balaban J connectivity index is 1.76. The van der Waals surface area contributed by atoms with Gasteiger partial charge in [0.15, 0.2) is 4.32 Å². The third-order valence-electron chi connectivity index (χ3n) is 4.16. The average molecular weight is 419 g/mol. The van der Waals surface area contributed by atoms with Gasteiger partial charge in [-0.3, -0.25) is 9.69 Å². The molecule has 3 nitrogen and oxygen atoms in total. The molecule has 2 aromatic carbocycles. The lowest BCUT2D eigenvalue weighted by Gasteiger charge is -2.16. The summed E-state index contributed by atoms with van der Waals surface area (Å²) < 4.78 is 2.49. The Morgan fingerprint density at radius 3 is 2.69 bits per heavy atom. The molecule has 130 valence electrons. The van der Waals surface area contributed by atoms with Gasteiger partial charge in [0.25, 0.3) is 5.91 Å². The van der Waals surface area contributed by atoms with Crippen LogP contribution in [0.5, 0.6) is 0 Å². The number of hydrogen-bond acceptors (Lipinski definition) is 3. The number of thioether (sulfide) groups is 1. The highest BCUT2D eigenvalue weighted by molar-refractivity contribution is 8.27. The molecule has 1 aliphatic rings. The first kappa shape index (κ1) is 17.6. The molecule has 26 heavy (non-hydrogen) atoms. The quantitative estimate of drug-likeness (QED) is 0.383. The number of para-hydroxylation sites is 1. The van der Waals surface area contributed by atoms with Crippen LogP contribution in [0.3, 0.4) is 0 Å². The lowest BCUT2D eigenvalue weighted by molar-refractivity contribution is -0.113. The molecule has 1 aliphatic heterocycles. The van der Waals surface area contributed by atoms with E-state index in [1.54, 1.807) is 18.2 Å². The summed E-state index contributed by atoms with van der Waals surface area (Å²) >= 11 is 18.9. The maximum atomic E-state index is 13.0. The number of hydrogen-bond donors (Lipinski definition) is 0. The number of amides is 1.